The number of H-pyrrole nitrogens is 1. The minimum atomic E-state index is -0.284. The average molecular weight is 469 g/mol. The van der Waals surface area contributed by atoms with E-state index in [0.717, 1.165) is 43.1 Å². The molecule has 0 saturated heterocycles. The summed E-state index contributed by atoms with van der Waals surface area (Å²) in [5.41, 5.74) is 7.55. The van der Waals surface area contributed by atoms with E-state index in [1.54, 1.807) is 6.21 Å². The number of halogens is 1. The second-order valence-electron chi connectivity index (χ2n) is 7.07. The van der Waals surface area contributed by atoms with E-state index in [-0.39, 0.29) is 5.91 Å². The zero-order valence-electron chi connectivity index (χ0n) is 16.3. The smallest absolute Gasteiger partial charge is 0.272 e. The molecule has 5 rings (SSSR count). The van der Waals surface area contributed by atoms with Crippen molar-refractivity contribution in [3.63, 3.8) is 0 Å². The summed E-state index contributed by atoms with van der Waals surface area (Å²) in [4.78, 5) is 21.0. The van der Waals surface area contributed by atoms with Gasteiger partial charge in [0.05, 0.1) is 23.0 Å². The van der Waals surface area contributed by atoms with Crippen molar-refractivity contribution in [1.82, 2.24) is 15.4 Å². The minimum Gasteiger partial charge on any atom is -0.361 e. The fourth-order valence-corrected chi connectivity index (χ4v) is 3.82. The number of hydrogen-bond donors (Lipinski definition) is 2. The topological polar surface area (TPSA) is 70.1 Å². The monoisotopic (exact) mass is 468 g/mol. The highest BCUT2D eigenvalue weighted by molar-refractivity contribution is 9.10. The van der Waals surface area contributed by atoms with E-state index >= 15 is 0 Å². The molecule has 0 aliphatic heterocycles. The van der Waals surface area contributed by atoms with Gasteiger partial charge in [0.15, 0.2) is 0 Å². The Bertz CT molecular complexity index is 1440. The van der Waals surface area contributed by atoms with Crippen LogP contribution in [0.5, 0.6) is 0 Å². The van der Waals surface area contributed by atoms with Crippen molar-refractivity contribution >= 4 is 49.9 Å². The number of rotatable bonds is 4. The Morgan fingerprint density at radius 1 is 0.968 bits per heavy atom. The summed E-state index contributed by atoms with van der Waals surface area (Å²) in [7, 11) is 0. The molecule has 0 fully saturated rings. The van der Waals surface area contributed by atoms with E-state index in [2.05, 4.69) is 31.4 Å². The summed E-state index contributed by atoms with van der Waals surface area (Å²) in [5, 5.41) is 6.02. The lowest BCUT2D eigenvalue weighted by molar-refractivity contribution is 0.0956. The molecule has 0 aliphatic carbocycles. The van der Waals surface area contributed by atoms with Crippen molar-refractivity contribution in [2.45, 2.75) is 0 Å². The van der Waals surface area contributed by atoms with Gasteiger partial charge in [-0.25, -0.2) is 10.4 Å². The maximum atomic E-state index is 13.0. The van der Waals surface area contributed by atoms with Crippen LogP contribution >= 0.6 is 15.9 Å². The first-order chi connectivity index (χ1) is 15.2. The number of para-hydroxylation sites is 2. The van der Waals surface area contributed by atoms with Gasteiger partial charge in [0, 0.05) is 38.1 Å². The molecule has 0 unspecified atom stereocenters. The van der Waals surface area contributed by atoms with Gasteiger partial charge in [-0.1, -0.05) is 64.5 Å². The van der Waals surface area contributed by atoms with Crippen LogP contribution in [0, 0.1) is 0 Å². The van der Waals surface area contributed by atoms with Gasteiger partial charge in [-0.05, 0) is 30.3 Å². The zero-order chi connectivity index (χ0) is 21.2. The number of benzene rings is 3. The van der Waals surface area contributed by atoms with Crippen molar-refractivity contribution in [1.29, 1.82) is 0 Å². The zero-order valence-corrected chi connectivity index (χ0v) is 17.9. The SMILES string of the molecule is O=C(N/N=C/c1c[nH]c2ccccc12)c1cc(-c2ccc(Br)cc2)nc2ccccc12. The van der Waals surface area contributed by atoms with Gasteiger partial charge in [0.1, 0.15) is 0 Å². The van der Waals surface area contributed by atoms with E-state index in [1.807, 2.05) is 85.1 Å². The minimum absolute atomic E-state index is 0.284. The number of amides is 1. The third-order valence-electron chi connectivity index (χ3n) is 5.09. The van der Waals surface area contributed by atoms with Crippen molar-refractivity contribution < 1.29 is 4.79 Å². The van der Waals surface area contributed by atoms with E-state index in [1.165, 1.54) is 0 Å². The second kappa shape index (κ2) is 8.16. The maximum Gasteiger partial charge on any atom is 0.272 e. The Morgan fingerprint density at radius 2 is 1.71 bits per heavy atom. The number of hydrazone groups is 1. The highest BCUT2D eigenvalue weighted by Crippen LogP contribution is 2.26. The summed E-state index contributed by atoms with van der Waals surface area (Å²) in [5.74, 6) is -0.284. The number of aromatic amines is 1. The number of carbonyl (C=O) groups excluding carboxylic acids is 1. The molecule has 2 heterocycles. The maximum absolute atomic E-state index is 13.0. The Kier molecular flexibility index (Phi) is 5.06. The van der Waals surface area contributed by atoms with Crippen LogP contribution in [0.25, 0.3) is 33.1 Å². The van der Waals surface area contributed by atoms with Crippen LogP contribution < -0.4 is 5.43 Å². The summed E-state index contributed by atoms with van der Waals surface area (Å²) >= 11 is 3.45. The summed E-state index contributed by atoms with van der Waals surface area (Å²) in [6.45, 7) is 0. The van der Waals surface area contributed by atoms with Crippen LogP contribution in [0.1, 0.15) is 15.9 Å². The molecule has 3 aromatic carbocycles. The number of aromatic nitrogens is 2. The van der Waals surface area contributed by atoms with Crippen LogP contribution in [-0.4, -0.2) is 22.1 Å². The predicted molar refractivity (Wildman–Crippen MR) is 128 cm³/mol. The lowest BCUT2D eigenvalue weighted by Gasteiger charge is -2.09. The Hall–Kier alpha value is -3.77. The third-order valence-corrected chi connectivity index (χ3v) is 5.62. The van der Waals surface area contributed by atoms with Gasteiger partial charge >= 0.3 is 0 Å². The number of nitrogens with one attached hydrogen (secondary N) is 2. The first-order valence-corrected chi connectivity index (χ1v) is 10.5. The van der Waals surface area contributed by atoms with E-state index in [9.17, 15) is 4.79 Å². The standard InChI is InChI=1S/C25H17BrN4O/c26-18-11-9-16(10-12-18)24-13-21(20-6-2-4-8-23(20)29-24)25(31)30-28-15-17-14-27-22-7-3-1-5-19(17)22/h1-15,27H,(H,30,31)/b28-15+. The van der Waals surface area contributed by atoms with Crippen molar-refractivity contribution in [3.05, 3.63) is 101 Å². The first kappa shape index (κ1) is 19.2. The average Bonchev–Trinajstić information content (AvgIpc) is 3.22. The molecule has 0 radical (unpaired) electrons. The van der Waals surface area contributed by atoms with Gasteiger partial charge in [-0.15, -0.1) is 0 Å². The highest BCUT2D eigenvalue weighted by Gasteiger charge is 2.13. The van der Waals surface area contributed by atoms with Gasteiger partial charge in [0.25, 0.3) is 5.91 Å². The molecule has 0 spiro atoms. The predicted octanol–water partition coefficient (Wildman–Crippen LogP) is 5.91. The van der Waals surface area contributed by atoms with Gasteiger partial charge in [0.2, 0.25) is 0 Å². The number of hydrogen-bond acceptors (Lipinski definition) is 3. The molecule has 0 saturated carbocycles. The van der Waals surface area contributed by atoms with Crippen LogP contribution in [0.3, 0.4) is 0 Å². The highest BCUT2D eigenvalue weighted by atomic mass is 79.9. The van der Waals surface area contributed by atoms with E-state index < -0.39 is 0 Å². The van der Waals surface area contributed by atoms with Gasteiger partial charge in [-0.2, -0.15) is 5.10 Å². The molecular formula is C25H17BrN4O. The lowest BCUT2D eigenvalue weighted by atomic mass is 10.0. The van der Waals surface area contributed by atoms with Crippen molar-refractivity contribution in [3.8, 4) is 11.3 Å². The summed E-state index contributed by atoms with van der Waals surface area (Å²) < 4.78 is 0.988. The molecule has 0 bridgehead atoms. The van der Waals surface area contributed by atoms with Gasteiger partial charge < -0.3 is 4.98 Å². The molecule has 31 heavy (non-hydrogen) atoms. The molecule has 2 aromatic heterocycles. The molecule has 2 N–H and O–H groups in total. The van der Waals surface area contributed by atoms with Gasteiger partial charge in [-0.3, -0.25) is 4.79 Å². The van der Waals surface area contributed by atoms with Crippen molar-refractivity contribution in [2.75, 3.05) is 0 Å². The molecule has 150 valence electrons. The number of carbonyl (C=O) groups is 1. The fourth-order valence-electron chi connectivity index (χ4n) is 3.55. The van der Waals surface area contributed by atoms with Crippen LogP contribution in [0.2, 0.25) is 0 Å². The molecule has 1 amide bonds. The van der Waals surface area contributed by atoms with Crippen LogP contribution in [0.4, 0.5) is 0 Å². The number of pyridine rings is 1. The molecule has 0 atom stereocenters. The van der Waals surface area contributed by atoms with Crippen molar-refractivity contribution in [2.24, 2.45) is 5.10 Å². The second-order valence-corrected chi connectivity index (χ2v) is 7.98. The largest absolute Gasteiger partial charge is 0.361 e. The Morgan fingerprint density at radius 3 is 2.55 bits per heavy atom. The number of nitrogens with zero attached hydrogens (tertiary/aromatic N) is 2. The quantitative estimate of drug-likeness (QED) is 0.254. The normalized spacial score (nSPS) is 11.4. The summed E-state index contributed by atoms with van der Waals surface area (Å²) in [6, 6.07) is 25.2. The molecule has 5 nitrogen and oxygen atoms in total. The van der Waals surface area contributed by atoms with E-state index in [0.29, 0.717) is 5.56 Å². The molecular weight excluding hydrogens is 452 g/mol. The molecule has 6 heteroatoms. The lowest BCUT2D eigenvalue weighted by Crippen LogP contribution is -2.18. The van der Waals surface area contributed by atoms with Crippen LogP contribution in [-0.2, 0) is 0 Å². The third kappa shape index (κ3) is 3.85. The molecule has 0 aliphatic rings. The summed E-state index contributed by atoms with van der Waals surface area (Å²) in [6.07, 6.45) is 3.52. The molecule has 5 aromatic rings. The number of fused-ring (bicyclic) bond motifs is 2. The van der Waals surface area contributed by atoms with Crippen LogP contribution in [0.15, 0.2) is 94.6 Å². The van der Waals surface area contributed by atoms with E-state index in [4.69, 9.17) is 4.98 Å². The Balaban J connectivity index is 1.48. The first-order valence-electron chi connectivity index (χ1n) is 9.74. The Labute approximate surface area is 187 Å². The fraction of sp³-hybridized carbons (Fsp3) is 0.